The maximum atomic E-state index is 6.69. The van der Waals surface area contributed by atoms with Crippen LogP contribution < -0.4 is 0 Å². The van der Waals surface area contributed by atoms with Crippen LogP contribution in [0.5, 0.6) is 0 Å². The van der Waals surface area contributed by atoms with E-state index >= 15 is 0 Å². The largest absolute Gasteiger partial charge is 3.00 e. The Morgan fingerprint density at radius 2 is 1.00 bits per heavy atom. The molecule has 0 bridgehead atoms. The predicted octanol–water partition coefficient (Wildman–Crippen LogP) is 2.44. The second kappa shape index (κ2) is 21.9. The molecule has 7 heteroatoms. The first-order chi connectivity index (χ1) is 12.9. The minimum atomic E-state index is 0. The Morgan fingerprint density at radius 3 is 1.30 bits per heavy atom. The summed E-state index contributed by atoms with van der Waals surface area (Å²) in [6, 6.07) is 9.37. The molecule has 6 nitrogen and oxygen atoms in total. The van der Waals surface area contributed by atoms with Crippen LogP contribution >= 0.6 is 0 Å². The number of hydrogen-bond acceptors (Lipinski definition) is 4. The van der Waals surface area contributed by atoms with Gasteiger partial charge in [0.1, 0.15) is 0 Å². The molecule has 1 saturated heterocycles. The van der Waals surface area contributed by atoms with Crippen molar-refractivity contribution >= 4 is 0 Å². The van der Waals surface area contributed by atoms with Gasteiger partial charge in [0, 0.05) is 26.4 Å². The number of rotatable bonds is 0. The van der Waals surface area contributed by atoms with Crippen molar-refractivity contribution in [3.8, 4) is 5.92 Å². The molecule has 1 aliphatic heterocycles. The van der Waals surface area contributed by atoms with Gasteiger partial charge in [0.25, 0.3) is 0 Å². The predicted molar refractivity (Wildman–Crippen MR) is 102 cm³/mol. The molecule has 0 atom stereocenters. The maximum absolute atomic E-state index is 6.69. The van der Waals surface area contributed by atoms with Crippen LogP contribution in [0.15, 0.2) is 30.3 Å². The van der Waals surface area contributed by atoms with Crippen LogP contribution in [0, 0.1) is 12.3 Å². The van der Waals surface area contributed by atoms with Crippen LogP contribution in [-0.2, 0) is 51.7 Å². The van der Waals surface area contributed by atoms with E-state index in [0.29, 0.717) is 52.9 Å². The molecular formula is C20H29N2O4Y. The number of nitrogens with zero attached hydrogens (tertiary/aromatic N) is 2. The fraction of sp³-hybridized carbons (Fsp3) is 0.600. The van der Waals surface area contributed by atoms with Crippen molar-refractivity contribution < 1.29 is 51.7 Å². The molecule has 146 valence electrons. The van der Waals surface area contributed by atoms with Gasteiger partial charge >= 0.3 is 32.7 Å². The van der Waals surface area contributed by atoms with Gasteiger partial charge in [-0.15, -0.1) is 43.9 Å². The van der Waals surface area contributed by atoms with Gasteiger partial charge in [0.15, 0.2) is 0 Å². The van der Waals surface area contributed by atoms with Crippen LogP contribution in [0.1, 0.15) is 5.56 Å². The molecule has 0 unspecified atom stereocenters. The van der Waals surface area contributed by atoms with E-state index in [1.54, 1.807) is 0 Å². The summed E-state index contributed by atoms with van der Waals surface area (Å²) in [5.41, 5.74) is 0.826. The van der Waals surface area contributed by atoms with E-state index in [1.807, 2.05) is 30.3 Å². The molecule has 0 radical (unpaired) electrons. The fourth-order valence-electron chi connectivity index (χ4n) is 1.91. The molecule has 0 aromatic heterocycles. The van der Waals surface area contributed by atoms with E-state index in [9.17, 15) is 0 Å². The monoisotopic (exact) mass is 450 g/mol. The smallest absolute Gasteiger partial charge is 0.659 e. The van der Waals surface area contributed by atoms with Gasteiger partial charge in [-0.3, -0.25) is 5.92 Å². The van der Waals surface area contributed by atoms with Crippen LogP contribution in [0.2, 0.25) is 0 Å². The Labute approximate surface area is 188 Å². The molecule has 2 rings (SSSR count). The summed E-state index contributed by atoms with van der Waals surface area (Å²) in [6.45, 7) is 7.95. The van der Waals surface area contributed by atoms with Crippen molar-refractivity contribution in [3.05, 3.63) is 53.0 Å². The van der Waals surface area contributed by atoms with Crippen LogP contribution in [0.25, 0.3) is 10.6 Å². The standard InChI is InChI=1S/C12H24N2O4.C8H5.Y/c1-5-15-9-10-17-7-3-14-4-8-18-12-11-16-6-2-13-1;1-2-8-6-4-3-5-7-8;/h1-12H2;3-7H;/q-2;-1;+3. The zero-order valence-corrected chi connectivity index (χ0v) is 18.8. The van der Waals surface area contributed by atoms with E-state index in [0.717, 1.165) is 31.7 Å². The Balaban J connectivity index is 0.000000629. The molecule has 0 spiro atoms. The summed E-state index contributed by atoms with van der Waals surface area (Å²) >= 11 is 0. The van der Waals surface area contributed by atoms with E-state index in [-0.39, 0.29) is 32.7 Å². The quantitative estimate of drug-likeness (QED) is 0.450. The van der Waals surface area contributed by atoms with Crippen LogP contribution in [0.4, 0.5) is 0 Å². The normalized spacial score (nSPS) is 18.3. The maximum Gasteiger partial charge on any atom is 3.00 e. The van der Waals surface area contributed by atoms with Crippen molar-refractivity contribution in [3.63, 3.8) is 0 Å². The van der Waals surface area contributed by atoms with Crippen molar-refractivity contribution in [2.45, 2.75) is 0 Å². The number of benzene rings is 1. The Hall–Kier alpha value is -0.356. The molecule has 1 fully saturated rings. The van der Waals surface area contributed by atoms with E-state index in [1.165, 1.54) is 0 Å². The third-order valence-electron chi connectivity index (χ3n) is 3.24. The first-order valence-electron chi connectivity index (χ1n) is 8.98. The van der Waals surface area contributed by atoms with Crippen molar-refractivity contribution in [2.24, 2.45) is 0 Å². The topological polar surface area (TPSA) is 65.1 Å². The van der Waals surface area contributed by atoms with Gasteiger partial charge in [-0.05, 0) is 0 Å². The molecule has 0 aliphatic carbocycles. The van der Waals surface area contributed by atoms with Crippen LogP contribution in [-0.4, -0.2) is 79.0 Å². The Kier molecular flexibility index (Phi) is 21.6. The molecule has 1 aromatic rings. The summed E-state index contributed by atoms with van der Waals surface area (Å²) < 4.78 is 21.5. The summed E-state index contributed by atoms with van der Waals surface area (Å²) in [7, 11) is 0. The van der Waals surface area contributed by atoms with Crippen molar-refractivity contribution in [2.75, 3.05) is 79.0 Å². The summed E-state index contributed by atoms with van der Waals surface area (Å²) in [4.78, 5) is 0. The minimum Gasteiger partial charge on any atom is -0.659 e. The minimum absolute atomic E-state index is 0. The molecule has 27 heavy (non-hydrogen) atoms. The summed E-state index contributed by atoms with van der Waals surface area (Å²) in [5.74, 6) is 2.28. The number of ether oxygens (including phenoxy) is 4. The van der Waals surface area contributed by atoms with Gasteiger partial charge < -0.3 is 36.0 Å². The number of hydrogen-bond donors (Lipinski definition) is 0. The van der Waals surface area contributed by atoms with Crippen molar-refractivity contribution in [1.29, 1.82) is 0 Å². The molecule has 0 amide bonds. The molecule has 1 heterocycles. The van der Waals surface area contributed by atoms with E-state index in [2.05, 4.69) is 16.6 Å². The van der Waals surface area contributed by atoms with Gasteiger partial charge in [-0.25, -0.2) is 0 Å². The molecule has 1 aromatic carbocycles. The average Bonchev–Trinajstić information content (AvgIpc) is 2.69. The van der Waals surface area contributed by atoms with Crippen molar-refractivity contribution in [1.82, 2.24) is 0 Å². The Morgan fingerprint density at radius 1 is 0.630 bits per heavy atom. The van der Waals surface area contributed by atoms with Gasteiger partial charge in [0.05, 0.1) is 26.4 Å². The third-order valence-corrected chi connectivity index (χ3v) is 3.24. The second-order valence-electron chi connectivity index (χ2n) is 5.28. The average molecular weight is 450 g/mol. The zero-order chi connectivity index (χ0) is 18.5. The summed E-state index contributed by atoms with van der Waals surface area (Å²) in [6.07, 6.45) is 6.69. The third kappa shape index (κ3) is 18.8. The van der Waals surface area contributed by atoms with Gasteiger partial charge in [-0.2, -0.15) is 0 Å². The Bertz CT molecular complexity index is 382. The summed E-state index contributed by atoms with van der Waals surface area (Å²) in [5, 5.41) is 8.58. The first kappa shape index (κ1) is 26.6. The molecule has 1 aliphatic rings. The van der Waals surface area contributed by atoms with E-state index in [4.69, 9.17) is 25.4 Å². The first-order valence-corrected chi connectivity index (χ1v) is 8.98. The fourth-order valence-corrected chi connectivity index (χ4v) is 1.91. The zero-order valence-electron chi connectivity index (χ0n) is 16.0. The van der Waals surface area contributed by atoms with E-state index < -0.39 is 0 Å². The molecule has 0 N–H and O–H groups in total. The molecule has 0 saturated carbocycles. The van der Waals surface area contributed by atoms with Gasteiger partial charge in [0.2, 0.25) is 0 Å². The van der Waals surface area contributed by atoms with Gasteiger partial charge in [-0.1, -0.05) is 18.2 Å². The second-order valence-corrected chi connectivity index (χ2v) is 5.28. The van der Waals surface area contributed by atoms with Crippen LogP contribution in [0.3, 0.4) is 0 Å². The SMILES string of the molecule is C1COCCOCC[N-]CCOCCOCC[N-]1.[C-]#Cc1ccccc1.[Y+3]. The molecular weight excluding hydrogens is 421 g/mol.